The molecule has 1 aliphatic heterocycles. The van der Waals surface area contributed by atoms with E-state index in [0.717, 1.165) is 17.3 Å². The molecule has 2 rings (SSSR count). The van der Waals surface area contributed by atoms with Gasteiger partial charge in [0, 0.05) is 12.1 Å². The third-order valence-corrected chi connectivity index (χ3v) is 4.02. The third-order valence-electron chi connectivity index (χ3n) is 4.02. The fourth-order valence-corrected chi connectivity index (χ4v) is 2.03. The van der Waals surface area contributed by atoms with Crippen molar-refractivity contribution >= 4 is 18.9 Å². The maximum Gasteiger partial charge on any atom is 0.495 e. The number of rotatable bonds is 3. The molecule has 0 aromatic heterocycles. The molecule has 2 N–H and O–H groups in total. The molecule has 0 radical (unpaired) electrons. The zero-order chi connectivity index (χ0) is 14.3. The summed E-state index contributed by atoms with van der Waals surface area (Å²) >= 11 is 0. The van der Waals surface area contributed by atoms with Crippen molar-refractivity contribution in [2.45, 2.75) is 45.4 Å². The van der Waals surface area contributed by atoms with Crippen molar-refractivity contribution in [3.05, 3.63) is 29.3 Å². The predicted octanol–water partition coefficient (Wildman–Crippen LogP) is 1.26. The zero-order valence-corrected chi connectivity index (χ0v) is 11.9. The van der Waals surface area contributed by atoms with Gasteiger partial charge in [0.05, 0.1) is 11.2 Å². The molecule has 19 heavy (non-hydrogen) atoms. The molecule has 4 nitrogen and oxygen atoms in total. The molecule has 0 saturated carbocycles. The molecule has 0 bridgehead atoms. The van der Waals surface area contributed by atoms with E-state index in [1.807, 2.05) is 39.8 Å². The van der Waals surface area contributed by atoms with Gasteiger partial charge in [-0.3, -0.25) is 4.79 Å². The van der Waals surface area contributed by atoms with Crippen molar-refractivity contribution in [1.29, 1.82) is 0 Å². The zero-order valence-electron chi connectivity index (χ0n) is 11.9. The molecule has 1 aromatic carbocycles. The topological polar surface area (TPSA) is 61.5 Å². The summed E-state index contributed by atoms with van der Waals surface area (Å²) in [5.41, 5.74) is 7.09. The Balaban J connectivity index is 2.40. The molecular weight excluding hydrogens is 241 g/mol. The second-order valence-electron chi connectivity index (χ2n) is 5.87. The molecular formula is C14H20BNO3. The van der Waals surface area contributed by atoms with Crippen molar-refractivity contribution in [1.82, 2.24) is 0 Å². The van der Waals surface area contributed by atoms with Crippen LogP contribution < -0.4 is 11.2 Å². The van der Waals surface area contributed by atoms with Crippen LogP contribution in [0.4, 0.5) is 0 Å². The van der Waals surface area contributed by atoms with Gasteiger partial charge in [-0.05, 0) is 38.7 Å². The van der Waals surface area contributed by atoms with Gasteiger partial charge in [0.2, 0.25) is 0 Å². The van der Waals surface area contributed by atoms with Crippen molar-refractivity contribution in [2.24, 2.45) is 5.73 Å². The molecule has 1 aromatic rings. The lowest BCUT2D eigenvalue weighted by atomic mass is 9.75. The maximum atomic E-state index is 11.2. The summed E-state index contributed by atoms with van der Waals surface area (Å²) in [6.45, 7) is 8.37. The van der Waals surface area contributed by atoms with E-state index in [1.165, 1.54) is 0 Å². The van der Waals surface area contributed by atoms with Gasteiger partial charge in [0.25, 0.3) is 0 Å². The normalized spacial score (nSPS) is 20.6. The van der Waals surface area contributed by atoms with Crippen molar-refractivity contribution < 1.29 is 14.1 Å². The van der Waals surface area contributed by atoms with E-state index in [-0.39, 0.29) is 0 Å². The standard InChI is InChI=1S/C14H20BNO3/c1-13(2)14(3,4)19-15(18-13)12-7-10(8-16)5-6-11(12)9-17/h5-7,9H,8,16H2,1-4H3. The van der Waals surface area contributed by atoms with Crippen LogP contribution in [0.3, 0.4) is 0 Å². The molecule has 0 atom stereocenters. The van der Waals surface area contributed by atoms with Gasteiger partial charge in [0.15, 0.2) is 0 Å². The first kappa shape index (κ1) is 14.2. The SMILES string of the molecule is CC1(C)OB(c2cc(CN)ccc2C=O)OC1(C)C. The van der Waals surface area contributed by atoms with Gasteiger partial charge in [-0.25, -0.2) is 0 Å². The fourth-order valence-electron chi connectivity index (χ4n) is 2.03. The Morgan fingerprint density at radius 2 is 1.79 bits per heavy atom. The smallest absolute Gasteiger partial charge is 0.399 e. The highest BCUT2D eigenvalue weighted by Crippen LogP contribution is 2.36. The van der Waals surface area contributed by atoms with Crippen LogP contribution in [0.25, 0.3) is 0 Å². The number of aldehydes is 1. The largest absolute Gasteiger partial charge is 0.495 e. The highest BCUT2D eigenvalue weighted by molar-refractivity contribution is 6.63. The van der Waals surface area contributed by atoms with Gasteiger partial charge < -0.3 is 15.0 Å². The monoisotopic (exact) mass is 261 g/mol. The lowest BCUT2D eigenvalue weighted by Gasteiger charge is -2.32. The first-order valence-electron chi connectivity index (χ1n) is 6.44. The second kappa shape index (κ2) is 4.74. The van der Waals surface area contributed by atoms with Crippen LogP contribution in [-0.2, 0) is 15.9 Å². The minimum absolute atomic E-state index is 0.420. The van der Waals surface area contributed by atoms with E-state index in [1.54, 1.807) is 6.07 Å². The highest BCUT2D eigenvalue weighted by atomic mass is 16.7. The van der Waals surface area contributed by atoms with Crippen LogP contribution in [0, 0.1) is 0 Å². The van der Waals surface area contributed by atoms with Crippen LogP contribution in [0.1, 0.15) is 43.6 Å². The van der Waals surface area contributed by atoms with E-state index < -0.39 is 18.3 Å². The number of carbonyl (C=O) groups is 1. The van der Waals surface area contributed by atoms with Gasteiger partial charge in [-0.15, -0.1) is 0 Å². The van der Waals surface area contributed by atoms with Crippen LogP contribution in [0.5, 0.6) is 0 Å². The summed E-state index contributed by atoms with van der Waals surface area (Å²) < 4.78 is 11.9. The van der Waals surface area contributed by atoms with E-state index in [0.29, 0.717) is 12.1 Å². The predicted molar refractivity (Wildman–Crippen MR) is 75.4 cm³/mol. The Morgan fingerprint density at radius 3 is 2.26 bits per heavy atom. The Hall–Kier alpha value is -1.17. The highest BCUT2D eigenvalue weighted by Gasteiger charge is 2.52. The van der Waals surface area contributed by atoms with Gasteiger partial charge in [0.1, 0.15) is 6.29 Å². The molecule has 1 aliphatic rings. The lowest BCUT2D eigenvalue weighted by molar-refractivity contribution is 0.00578. The Morgan fingerprint density at radius 1 is 1.21 bits per heavy atom. The molecule has 0 amide bonds. The van der Waals surface area contributed by atoms with Crippen molar-refractivity contribution in [3.63, 3.8) is 0 Å². The van der Waals surface area contributed by atoms with Crippen molar-refractivity contribution in [2.75, 3.05) is 0 Å². The van der Waals surface area contributed by atoms with E-state index in [9.17, 15) is 4.79 Å². The van der Waals surface area contributed by atoms with E-state index >= 15 is 0 Å². The van der Waals surface area contributed by atoms with Crippen LogP contribution in [0.15, 0.2) is 18.2 Å². The molecule has 1 fully saturated rings. The summed E-state index contributed by atoms with van der Waals surface area (Å²) in [6.07, 6.45) is 0.820. The third kappa shape index (κ3) is 2.46. The Bertz CT molecular complexity index is 483. The quantitative estimate of drug-likeness (QED) is 0.657. The number of nitrogens with two attached hydrogens (primary N) is 1. The van der Waals surface area contributed by atoms with Gasteiger partial charge in [-0.2, -0.15) is 0 Å². The molecule has 1 heterocycles. The number of hydrogen-bond acceptors (Lipinski definition) is 4. The number of carbonyl (C=O) groups excluding carboxylic acids is 1. The van der Waals surface area contributed by atoms with Crippen LogP contribution in [-0.4, -0.2) is 24.6 Å². The molecule has 1 saturated heterocycles. The van der Waals surface area contributed by atoms with Crippen molar-refractivity contribution in [3.8, 4) is 0 Å². The summed E-state index contributed by atoms with van der Waals surface area (Å²) in [6, 6.07) is 5.49. The number of benzene rings is 1. The summed E-state index contributed by atoms with van der Waals surface area (Å²) in [4.78, 5) is 11.2. The fraction of sp³-hybridized carbons (Fsp3) is 0.500. The molecule has 0 aliphatic carbocycles. The first-order valence-corrected chi connectivity index (χ1v) is 6.44. The van der Waals surface area contributed by atoms with Crippen LogP contribution >= 0.6 is 0 Å². The summed E-state index contributed by atoms with van der Waals surface area (Å²) in [7, 11) is -0.531. The molecule has 5 heteroatoms. The van der Waals surface area contributed by atoms with E-state index in [2.05, 4.69) is 0 Å². The summed E-state index contributed by atoms with van der Waals surface area (Å²) in [5.74, 6) is 0. The first-order chi connectivity index (χ1) is 8.80. The molecule has 0 unspecified atom stereocenters. The molecule has 0 spiro atoms. The Labute approximate surface area is 114 Å². The van der Waals surface area contributed by atoms with Crippen LogP contribution in [0.2, 0.25) is 0 Å². The molecule has 102 valence electrons. The Kier molecular flexibility index (Phi) is 3.56. The average molecular weight is 261 g/mol. The minimum atomic E-state index is -0.531. The second-order valence-corrected chi connectivity index (χ2v) is 5.87. The van der Waals surface area contributed by atoms with Gasteiger partial charge in [-0.1, -0.05) is 18.2 Å². The summed E-state index contributed by atoms with van der Waals surface area (Å²) in [5, 5.41) is 0. The minimum Gasteiger partial charge on any atom is -0.399 e. The van der Waals surface area contributed by atoms with Gasteiger partial charge >= 0.3 is 7.12 Å². The van der Waals surface area contributed by atoms with E-state index in [4.69, 9.17) is 15.0 Å². The average Bonchev–Trinajstić information content (AvgIpc) is 2.57. The lowest BCUT2D eigenvalue weighted by Crippen LogP contribution is -2.41. The number of hydrogen-bond donors (Lipinski definition) is 1. The maximum absolute atomic E-state index is 11.2.